The molecule has 0 aromatic heterocycles. The zero-order valence-corrected chi connectivity index (χ0v) is 12.6. The average Bonchev–Trinajstić information content (AvgIpc) is 2.46. The maximum Gasteiger partial charge on any atom is 0.257 e. The summed E-state index contributed by atoms with van der Waals surface area (Å²) in [5.41, 5.74) is 0.529. The smallest absolute Gasteiger partial charge is 0.257 e. The molecule has 2 N–H and O–H groups in total. The van der Waals surface area contributed by atoms with Crippen molar-refractivity contribution in [3.8, 4) is 5.75 Å². The predicted molar refractivity (Wildman–Crippen MR) is 80.8 cm³/mol. The Balaban J connectivity index is 1.80. The molecule has 0 atom stereocenters. The van der Waals surface area contributed by atoms with Crippen LogP contribution >= 0.6 is 0 Å². The van der Waals surface area contributed by atoms with Gasteiger partial charge in [-0.2, -0.15) is 0 Å². The minimum atomic E-state index is -0.223. The number of aromatic hydroxyl groups is 1. The molecule has 6 nitrogen and oxygen atoms in total. The molecule has 1 aliphatic heterocycles. The summed E-state index contributed by atoms with van der Waals surface area (Å²) in [7, 11) is 0. The van der Waals surface area contributed by atoms with Gasteiger partial charge in [-0.25, -0.2) is 0 Å². The predicted octanol–water partition coefficient (Wildman–Crippen LogP) is 1.75. The van der Waals surface area contributed by atoms with E-state index in [0.29, 0.717) is 25.4 Å². The fraction of sp³-hybridized carbons (Fsp3) is 0.500. The van der Waals surface area contributed by atoms with E-state index in [1.165, 1.54) is 19.1 Å². The second-order valence-corrected chi connectivity index (χ2v) is 6.02. The van der Waals surface area contributed by atoms with Crippen LogP contribution in [0.4, 0.5) is 5.69 Å². The number of phenols is 1. The van der Waals surface area contributed by atoms with Crippen LogP contribution in [0.2, 0.25) is 0 Å². The highest BCUT2D eigenvalue weighted by atomic mass is 16.5. The van der Waals surface area contributed by atoms with Crippen LogP contribution in [0.25, 0.3) is 0 Å². The highest BCUT2D eigenvalue weighted by molar-refractivity contribution is 5.99. The van der Waals surface area contributed by atoms with Gasteiger partial charge in [0.15, 0.2) is 0 Å². The van der Waals surface area contributed by atoms with Crippen molar-refractivity contribution in [3.63, 3.8) is 0 Å². The minimum absolute atomic E-state index is 0.0757. The number of phenolic OH excluding ortho intramolecular Hbond substituents is 1. The molecule has 1 saturated heterocycles. The molecule has 1 aromatic rings. The number of benzene rings is 1. The number of nitrogens with zero attached hydrogens (tertiary/aromatic N) is 1. The van der Waals surface area contributed by atoms with Gasteiger partial charge in [-0.3, -0.25) is 9.59 Å². The Morgan fingerprint density at radius 1 is 1.36 bits per heavy atom. The number of hydrogen-bond donors (Lipinski definition) is 2. The van der Waals surface area contributed by atoms with Crippen LogP contribution in [-0.4, -0.2) is 47.1 Å². The van der Waals surface area contributed by atoms with E-state index in [9.17, 15) is 14.7 Å². The molecule has 3 rings (SSSR count). The number of hydrogen-bond acceptors (Lipinski definition) is 4. The summed E-state index contributed by atoms with van der Waals surface area (Å²) in [5, 5.41) is 12.6. The number of rotatable bonds is 2. The third-order valence-corrected chi connectivity index (χ3v) is 4.35. The molecule has 0 unspecified atom stereocenters. The Bertz CT molecular complexity index is 610. The molecule has 1 aromatic carbocycles. The normalized spacial score (nSPS) is 19.6. The molecule has 6 heteroatoms. The molecular weight excluding hydrogens is 284 g/mol. The van der Waals surface area contributed by atoms with Crippen molar-refractivity contribution in [2.45, 2.75) is 31.8 Å². The molecule has 2 aliphatic rings. The van der Waals surface area contributed by atoms with Gasteiger partial charge in [0.2, 0.25) is 5.91 Å². The zero-order chi connectivity index (χ0) is 15.7. The molecule has 1 aliphatic carbocycles. The molecule has 2 fully saturated rings. The van der Waals surface area contributed by atoms with E-state index in [2.05, 4.69) is 5.32 Å². The van der Waals surface area contributed by atoms with E-state index >= 15 is 0 Å². The van der Waals surface area contributed by atoms with Crippen LogP contribution in [0.15, 0.2) is 18.2 Å². The Morgan fingerprint density at radius 2 is 2.14 bits per heavy atom. The van der Waals surface area contributed by atoms with Crippen LogP contribution in [-0.2, 0) is 9.53 Å². The van der Waals surface area contributed by atoms with Gasteiger partial charge in [0, 0.05) is 19.2 Å². The molecule has 1 heterocycles. The minimum Gasteiger partial charge on any atom is -0.507 e. The molecule has 118 valence electrons. The SMILES string of the molecule is CC(=O)Nc1ccc(O)c(C(=O)N2CCOC3(CCC3)C2)c1. The zero-order valence-electron chi connectivity index (χ0n) is 12.6. The summed E-state index contributed by atoms with van der Waals surface area (Å²) in [4.78, 5) is 25.5. The maximum atomic E-state index is 12.7. The van der Waals surface area contributed by atoms with Gasteiger partial charge in [-0.05, 0) is 37.5 Å². The first-order chi connectivity index (χ1) is 10.5. The lowest BCUT2D eigenvalue weighted by atomic mass is 9.79. The van der Waals surface area contributed by atoms with E-state index < -0.39 is 0 Å². The van der Waals surface area contributed by atoms with Crippen molar-refractivity contribution >= 4 is 17.5 Å². The first kappa shape index (κ1) is 14.8. The number of anilines is 1. The number of carbonyl (C=O) groups excluding carboxylic acids is 2. The van der Waals surface area contributed by atoms with E-state index in [1.54, 1.807) is 11.0 Å². The molecule has 1 spiro atoms. The second kappa shape index (κ2) is 5.61. The van der Waals surface area contributed by atoms with Gasteiger partial charge in [0.05, 0.1) is 24.3 Å². The lowest BCUT2D eigenvalue weighted by Gasteiger charge is -2.48. The first-order valence-electron chi connectivity index (χ1n) is 7.53. The summed E-state index contributed by atoms with van der Waals surface area (Å²) in [6.45, 7) is 3.01. The molecule has 0 radical (unpaired) electrons. The van der Waals surface area contributed by atoms with Gasteiger partial charge in [-0.1, -0.05) is 0 Å². The summed E-state index contributed by atoms with van der Waals surface area (Å²) in [5.74, 6) is -0.517. The van der Waals surface area contributed by atoms with Crippen LogP contribution in [0.3, 0.4) is 0 Å². The van der Waals surface area contributed by atoms with Gasteiger partial charge in [0.1, 0.15) is 5.75 Å². The van der Waals surface area contributed by atoms with Crippen molar-refractivity contribution in [1.82, 2.24) is 4.90 Å². The third-order valence-electron chi connectivity index (χ3n) is 4.35. The Kier molecular flexibility index (Phi) is 3.78. The highest BCUT2D eigenvalue weighted by Crippen LogP contribution is 2.38. The van der Waals surface area contributed by atoms with Crippen molar-refractivity contribution in [3.05, 3.63) is 23.8 Å². The summed E-state index contributed by atoms with van der Waals surface area (Å²) >= 11 is 0. The van der Waals surface area contributed by atoms with E-state index in [4.69, 9.17) is 4.74 Å². The van der Waals surface area contributed by atoms with E-state index in [-0.39, 0.29) is 28.7 Å². The van der Waals surface area contributed by atoms with Gasteiger partial charge < -0.3 is 20.1 Å². The number of morpholine rings is 1. The number of amides is 2. The van der Waals surface area contributed by atoms with Gasteiger partial charge in [0.25, 0.3) is 5.91 Å². The molecule has 1 saturated carbocycles. The molecule has 22 heavy (non-hydrogen) atoms. The summed E-state index contributed by atoms with van der Waals surface area (Å²) in [6.07, 6.45) is 3.09. The highest BCUT2D eigenvalue weighted by Gasteiger charge is 2.43. The quantitative estimate of drug-likeness (QED) is 0.816. The maximum absolute atomic E-state index is 12.7. The lowest BCUT2D eigenvalue weighted by molar-refractivity contribution is -0.142. The number of nitrogens with one attached hydrogen (secondary N) is 1. The van der Waals surface area contributed by atoms with E-state index in [1.807, 2.05) is 0 Å². The lowest BCUT2D eigenvalue weighted by Crippen LogP contribution is -2.57. The summed E-state index contributed by atoms with van der Waals surface area (Å²) in [6, 6.07) is 4.51. The first-order valence-corrected chi connectivity index (χ1v) is 7.53. The molecular formula is C16H20N2O4. The van der Waals surface area contributed by atoms with Gasteiger partial charge >= 0.3 is 0 Å². The van der Waals surface area contributed by atoms with Crippen molar-refractivity contribution < 1.29 is 19.4 Å². The number of ether oxygens (including phenoxy) is 1. The Labute approximate surface area is 129 Å². The Hall–Kier alpha value is -2.08. The fourth-order valence-corrected chi connectivity index (χ4v) is 3.05. The van der Waals surface area contributed by atoms with Crippen molar-refractivity contribution in [1.29, 1.82) is 0 Å². The molecule has 0 bridgehead atoms. The third kappa shape index (κ3) is 2.78. The monoisotopic (exact) mass is 304 g/mol. The second-order valence-electron chi connectivity index (χ2n) is 6.02. The van der Waals surface area contributed by atoms with Crippen LogP contribution in [0, 0.1) is 0 Å². The van der Waals surface area contributed by atoms with Crippen LogP contribution in [0.5, 0.6) is 5.75 Å². The largest absolute Gasteiger partial charge is 0.507 e. The number of carbonyl (C=O) groups is 2. The van der Waals surface area contributed by atoms with Crippen LogP contribution in [0.1, 0.15) is 36.5 Å². The average molecular weight is 304 g/mol. The molecule has 2 amide bonds. The van der Waals surface area contributed by atoms with Crippen LogP contribution < -0.4 is 5.32 Å². The van der Waals surface area contributed by atoms with Gasteiger partial charge in [-0.15, -0.1) is 0 Å². The standard InChI is InChI=1S/C16H20N2O4/c1-11(19)17-12-3-4-14(20)13(9-12)15(21)18-7-8-22-16(10-18)5-2-6-16/h3-4,9,20H,2,5-8,10H2,1H3,(H,17,19). The fourth-order valence-electron chi connectivity index (χ4n) is 3.05. The van der Waals surface area contributed by atoms with Crippen molar-refractivity contribution in [2.24, 2.45) is 0 Å². The van der Waals surface area contributed by atoms with Crippen molar-refractivity contribution in [2.75, 3.05) is 25.0 Å². The summed E-state index contributed by atoms with van der Waals surface area (Å²) < 4.78 is 5.81. The topological polar surface area (TPSA) is 78.9 Å². The Morgan fingerprint density at radius 3 is 2.77 bits per heavy atom. The van der Waals surface area contributed by atoms with E-state index in [0.717, 1.165) is 19.3 Å².